The molecule has 0 saturated carbocycles. The maximum absolute atomic E-state index is 12.3. The van der Waals surface area contributed by atoms with Gasteiger partial charge in [-0.3, -0.25) is 4.79 Å². The molecule has 4 nitrogen and oxygen atoms in total. The van der Waals surface area contributed by atoms with Crippen LogP contribution in [0.1, 0.15) is 18.4 Å². The van der Waals surface area contributed by atoms with Gasteiger partial charge in [0.05, 0.1) is 7.11 Å². The summed E-state index contributed by atoms with van der Waals surface area (Å²) in [4.78, 5) is 18.7. The molecule has 0 aliphatic carbocycles. The zero-order valence-electron chi connectivity index (χ0n) is 11.4. The fourth-order valence-corrected chi connectivity index (χ4v) is 2.87. The third kappa shape index (κ3) is 4.01. The van der Waals surface area contributed by atoms with Crippen molar-refractivity contribution in [3.63, 3.8) is 0 Å². The second-order valence-corrected chi connectivity index (χ2v) is 5.87. The number of carbonyl (C=O) groups is 1. The average Bonchev–Trinajstić information content (AvgIpc) is 2.38. The minimum Gasteiger partial charge on any atom is -0.481 e. The van der Waals surface area contributed by atoms with Gasteiger partial charge in [0.2, 0.25) is 5.88 Å². The number of hydrogen-bond donors (Lipinski definition) is 0. The molecule has 0 atom stereocenters. The summed E-state index contributed by atoms with van der Waals surface area (Å²) in [6.45, 7) is 2.03. The molecule has 1 aliphatic rings. The van der Waals surface area contributed by atoms with E-state index in [2.05, 4.69) is 32.9 Å². The number of rotatable bonds is 4. The molecular weight excluding hydrogens is 308 g/mol. The van der Waals surface area contributed by atoms with Gasteiger partial charge in [-0.15, -0.1) is 0 Å². The zero-order valence-corrected chi connectivity index (χ0v) is 12.9. The van der Waals surface area contributed by atoms with E-state index in [0.717, 1.165) is 31.5 Å². The molecule has 5 heteroatoms. The summed E-state index contributed by atoms with van der Waals surface area (Å²) in [5.41, 5.74) is 0.961. The number of ether oxygens (including phenoxy) is 1. The SMILES string of the molecule is COc1cc(CC(=O)C2CCN(C)CC2)cc(Br)n1. The second kappa shape index (κ2) is 6.48. The highest BCUT2D eigenvalue weighted by molar-refractivity contribution is 9.10. The van der Waals surface area contributed by atoms with E-state index in [1.165, 1.54) is 0 Å². The van der Waals surface area contributed by atoms with Gasteiger partial charge in [0.25, 0.3) is 0 Å². The van der Waals surface area contributed by atoms with E-state index in [0.29, 0.717) is 22.7 Å². The molecule has 0 radical (unpaired) electrons. The molecule has 0 bridgehead atoms. The van der Waals surface area contributed by atoms with Crippen molar-refractivity contribution >= 4 is 21.7 Å². The van der Waals surface area contributed by atoms with E-state index < -0.39 is 0 Å². The molecule has 0 aromatic carbocycles. The van der Waals surface area contributed by atoms with E-state index in [1.807, 2.05) is 12.1 Å². The van der Waals surface area contributed by atoms with Gasteiger partial charge in [0.1, 0.15) is 10.4 Å². The summed E-state index contributed by atoms with van der Waals surface area (Å²) in [6, 6.07) is 3.72. The van der Waals surface area contributed by atoms with E-state index in [1.54, 1.807) is 7.11 Å². The van der Waals surface area contributed by atoms with Crippen molar-refractivity contribution in [2.24, 2.45) is 5.92 Å². The Labute approximate surface area is 122 Å². The van der Waals surface area contributed by atoms with Crippen LogP contribution in [0.4, 0.5) is 0 Å². The predicted molar refractivity (Wildman–Crippen MR) is 77.4 cm³/mol. The molecule has 1 fully saturated rings. The Balaban J connectivity index is 2.00. The van der Waals surface area contributed by atoms with Crippen LogP contribution in [0, 0.1) is 5.92 Å². The molecule has 1 aromatic heterocycles. The van der Waals surface area contributed by atoms with Crippen LogP contribution in [0.25, 0.3) is 0 Å². The quantitative estimate of drug-likeness (QED) is 0.796. The van der Waals surface area contributed by atoms with E-state index in [-0.39, 0.29) is 5.92 Å². The Morgan fingerprint density at radius 2 is 2.16 bits per heavy atom. The minimum absolute atomic E-state index is 0.203. The lowest BCUT2D eigenvalue weighted by molar-refractivity contribution is -0.123. The number of hydrogen-bond acceptors (Lipinski definition) is 4. The van der Waals surface area contributed by atoms with Crippen molar-refractivity contribution in [2.45, 2.75) is 19.3 Å². The number of methoxy groups -OCH3 is 1. The van der Waals surface area contributed by atoms with Crippen molar-refractivity contribution in [3.8, 4) is 5.88 Å². The van der Waals surface area contributed by atoms with Crippen LogP contribution in [0.2, 0.25) is 0 Å². The summed E-state index contributed by atoms with van der Waals surface area (Å²) in [5, 5.41) is 0. The number of aromatic nitrogens is 1. The van der Waals surface area contributed by atoms with Gasteiger partial charge in [-0.05, 0) is 60.5 Å². The van der Waals surface area contributed by atoms with Gasteiger partial charge >= 0.3 is 0 Å². The number of piperidine rings is 1. The average molecular weight is 327 g/mol. The monoisotopic (exact) mass is 326 g/mol. The summed E-state index contributed by atoms with van der Waals surface area (Å²) >= 11 is 3.34. The highest BCUT2D eigenvalue weighted by Crippen LogP contribution is 2.22. The zero-order chi connectivity index (χ0) is 13.8. The molecule has 1 aliphatic heterocycles. The number of ketones is 1. The Kier molecular flexibility index (Phi) is 4.93. The first kappa shape index (κ1) is 14.5. The van der Waals surface area contributed by atoms with Crippen molar-refractivity contribution in [1.82, 2.24) is 9.88 Å². The van der Waals surface area contributed by atoms with Crippen LogP contribution < -0.4 is 4.74 Å². The van der Waals surface area contributed by atoms with Gasteiger partial charge in [-0.25, -0.2) is 4.98 Å². The maximum atomic E-state index is 12.3. The molecule has 19 heavy (non-hydrogen) atoms. The summed E-state index contributed by atoms with van der Waals surface area (Å²) in [7, 11) is 3.68. The van der Waals surface area contributed by atoms with Crippen LogP contribution in [0.5, 0.6) is 5.88 Å². The van der Waals surface area contributed by atoms with Crippen LogP contribution in [0.15, 0.2) is 16.7 Å². The van der Waals surface area contributed by atoms with Gasteiger partial charge in [0, 0.05) is 18.4 Å². The maximum Gasteiger partial charge on any atom is 0.214 e. The minimum atomic E-state index is 0.203. The van der Waals surface area contributed by atoms with E-state index in [4.69, 9.17) is 4.74 Å². The lowest BCUT2D eigenvalue weighted by Gasteiger charge is -2.28. The molecule has 2 rings (SSSR count). The Hall–Kier alpha value is -0.940. The fraction of sp³-hybridized carbons (Fsp3) is 0.571. The van der Waals surface area contributed by atoms with E-state index in [9.17, 15) is 4.79 Å². The summed E-state index contributed by atoms with van der Waals surface area (Å²) in [6.07, 6.45) is 2.41. The highest BCUT2D eigenvalue weighted by atomic mass is 79.9. The first-order valence-corrected chi connectivity index (χ1v) is 7.29. The predicted octanol–water partition coefficient (Wildman–Crippen LogP) is 2.31. The molecular formula is C14H19BrN2O2. The molecule has 2 heterocycles. The molecule has 0 unspecified atom stereocenters. The molecule has 0 spiro atoms. The van der Waals surface area contributed by atoms with Crippen molar-refractivity contribution in [1.29, 1.82) is 0 Å². The Morgan fingerprint density at radius 1 is 1.47 bits per heavy atom. The van der Waals surface area contributed by atoms with Crippen molar-refractivity contribution < 1.29 is 9.53 Å². The van der Waals surface area contributed by atoms with Crippen LogP contribution in [-0.4, -0.2) is 42.9 Å². The van der Waals surface area contributed by atoms with Crippen LogP contribution in [0.3, 0.4) is 0 Å². The normalized spacial score (nSPS) is 17.4. The molecule has 104 valence electrons. The molecule has 1 aromatic rings. The smallest absolute Gasteiger partial charge is 0.214 e. The van der Waals surface area contributed by atoms with Crippen LogP contribution >= 0.6 is 15.9 Å². The van der Waals surface area contributed by atoms with Crippen LogP contribution in [-0.2, 0) is 11.2 Å². The number of likely N-dealkylation sites (tertiary alicyclic amines) is 1. The summed E-state index contributed by atoms with van der Waals surface area (Å²) < 4.78 is 5.82. The molecule has 1 saturated heterocycles. The largest absolute Gasteiger partial charge is 0.481 e. The van der Waals surface area contributed by atoms with E-state index >= 15 is 0 Å². The molecule has 0 amide bonds. The standard InChI is InChI=1S/C14H19BrN2O2/c1-17-5-3-11(4-6-17)12(18)7-10-8-13(15)16-14(9-10)19-2/h8-9,11H,3-7H2,1-2H3. The number of pyridine rings is 1. The van der Waals surface area contributed by atoms with Gasteiger partial charge < -0.3 is 9.64 Å². The number of carbonyl (C=O) groups excluding carboxylic acids is 1. The summed E-state index contributed by atoms with van der Waals surface area (Å²) in [5.74, 6) is 1.07. The van der Waals surface area contributed by atoms with Gasteiger partial charge in [-0.1, -0.05) is 0 Å². The molecule has 0 N–H and O–H groups in total. The van der Waals surface area contributed by atoms with Gasteiger partial charge in [-0.2, -0.15) is 0 Å². The highest BCUT2D eigenvalue weighted by Gasteiger charge is 2.23. The fourth-order valence-electron chi connectivity index (χ4n) is 2.41. The third-order valence-corrected chi connectivity index (χ3v) is 4.00. The first-order chi connectivity index (χ1) is 9.08. The Morgan fingerprint density at radius 3 is 2.79 bits per heavy atom. The first-order valence-electron chi connectivity index (χ1n) is 6.50. The van der Waals surface area contributed by atoms with Gasteiger partial charge in [0.15, 0.2) is 0 Å². The topological polar surface area (TPSA) is 42.4 Å². The lowest BCUT2D eigenvalue weighted by atomic mass is 9.90. The lowest BCUT2D eigenvalue weighted by Crippen LogP contribution is -2.34. The number of Topliss-reactive ketones (excluding diaryl/α,β-unsaturated/α-hetero) is 1. The Bertz CT molecular complexity index is 457. The second-order valence-electron chi connectivity index (χ2n) is 5.06. The van der Waals surface area contributed by atoms with Crippen molar-refractivity contribution in [2.75, 3.05) is 27.2 Å². The van der Waals surface area contributed by atoms with Crippen molar-refractivity contribution in [3.05, 3.63) is 22.3 Å². The third-order valence-electron chi connectivity index (χ3n) is 3.59. The number of halogens is 1. The number of nitrogens with zero attached hydrogens (tertiary/aromatic N) is 2.